The average molecular weight is 248 g/mol. The van der Waals surface area contributed by atoms with E-state index < -0.39 is 0 Å². The molecule has 0 amide bonds. The van der Waals surface area contributed by atoms with Gasteiger partial charge in [0.15, 0.2) is 0 Å². The van der Waals surface area contributed by atoms with Crippen LogP contribution in [-0.4, -0.2) is 6.61 Å². The summed E-state index contributed by atoms with van der Waals surface area (Å²) in [7, 11) is 0. The van der Waals surface area contributed by atoms with Crippen LogP contribution in [0.4, 0.5) is 4.39 Å². The number of halogens is 2. The Kier molecular flexibility index (Phi) is 3.84. The van der Waals surface area contributed by atoms with E-state index in [4.69, 9.17) is 5.90 Å². The fraction of sp³-hybridized carbons (Fsp3) is 0.333. The van der Waals surface area contributed by atoms with Gasteiger partial charge in [-0.1, -0.05) is 15.9 Å². The van der Waals surface area contributed by atoms with Gasteiger partial charge in [0.05, 0.1) is 6.61 Å². The van der Waals surface area contributed by atoms with Crippen LogP contribution >= 0.6 is 15.9 Å². The van der Waals surface area contributed by atoms with Gasteiger partial charge in [-0.15, -0.1) is 0 Å². The summed E-state index contributed by atoms with van der Waals surface area (Å²) in [6.07, 6.45) is 0.617. The van der Waals surface area contributed by atoms with Crippen molar-refractivity contribution in [3.8, 4) is 0 Å². The molecule has 0 aromatic heterocycles. The molecule has 0 unspecified atom stereocenters. The molecule has 0 aliphatic carbocycles. The van der Waals surface area contributed by atoms with Gasteiger partial charge < -0.3 is 4.84 Å². The Labute approximate surface area is 85.0 Å². The monoisotopic (exact) mass is 247 g/mol. The first kappa shape index (κ1) is 10.6. The molecule has 0 saturated heterocycles. The van der Waals surface area contributed by atoms with Crippen molar-refractivity contribution in [3.05, 3.63) is 33.5 Å². The summed E-state index contributed by atoms with van der Waals surface area (Å²) >= 11 is 3.28. The summed E-state index contributed by atoms with van der Waals surface area (Å²) in [6.45, 7) is 2.12. The van der Waals surface area contributed by atoms with Crippen LogP contribution in [0, 0.1) is 12.7 Å². The van der Waals surface area contributed by atoms with Crippen LogP contribution < -0.4 is 5.90 Å². The quantitative estimate of drug-likeness (QED) is 0.833. The second kappa shape index (κ2) is 4.69. The highest BCUT2D eigenvalue weighted by Gasteiger charge is 2.04. The van der Waals surface area contributed by atoms with Crippen LogP contribution in [0.2, 0.25) is 0 Å². The lowest BCUT2D eigenvalue weighted by Crippen LogP contribution is -2.04. The van der Waals surface area contributed by atoms with Gasteiger partial charge in [0.2, 0.25) is 0 Å². The number of hydrogen-bond donors (Lipinski definition) is 1. The van der Waals surface area contributed by atoms with E-state index in [0.717, 1.165) is 10.0 Å². The van der Waals surface area contributed by atoms with Crippen LogP contribution in [0.15, 0.2) is 16.6 Å². The van der Waals surface area contributed by atoms with E-state index in [-0.39, 0.29) is 5.82 Å². The normalized spacial score (nSPS) is 10.5. The summed E-state index contributed by atoms with van der Waals surface area (Å²) < 4.78 is 13.9. The maximum Gasteiger partial charge on any atom is 0.127 e. The van der Waals surface area contributed by atoms with Crippen molar-refractivity contribution in [1.82, 2.24) is 0 Å². The minimum Gasteiger partial charge on any atom is -0.304 e. The van der Waals surface area contributed by atoms with Crippen LogP contribution in [-0.2, 0) is 11.3 Å². The second-order valence-electron chi connectivity index (χ2n) is 2.81. The minimum atomic E-state index is -0.207. The summed E-state index contributed by atoms with van der Waals surface area (Å²) in [5.74, 6) is 4.67. The summed E-state index contributed by atoms with van der Waals surface area (Å²) in [5.41, 5.74) is 1.50. The predicted molar refractivity (Wildman–Crippen MR) is 52.7 cm³/mol. The highest BCUT2D eigenvalue weighted by Crippen LogP contribution is 2.21. The summed E-state index contributed by atoms with van der Waals surface area (Å²) in [4.78, 5) is 4.42. The number of rotatable bonds is 3. The number of nitrogens with two attached hydrogens (primary N) is 1. The minimum absolute atomic E-state index is 0.207. The average Bonchev–Trinajstić information content (AvgIpc) is 2.10. The smallest absolute Gasteiger partial charge is 0.127 e. The molecule has 0 heterocycles. The Hall–Kier alpha value is -0.450. The molecule has 13 heavy (non-hydrogen) atoms. The molecule has 0 spiro atoms. The number of benzene rings is 1. The van der Waals surface area contributed by atoms with Crippen molar-refractivity contribution in [2.24, 2.45) is 5.90 Å². The van der Waals surface area contributed by atoms with Crippen LogP contribution in [0.25, 0.3) is 0 Å². The van der Waals surface area contributed by atoms with Gasteiger partial charge in [-0.2, -0.15) is 0 Å². The van der Waals surface area contributed by atoms with E-state index in [1.165, 1.54) is 6.07 Å². The van der Waals surface area contributed by atoms with Crippen molar-refractivity contribution >= 4 is 15.9 Å². The molecule has 0 saturated carbocycles. The Morgan fingerprint density at radius 2 is 2.23 bits per heavy atom. The topological polar surface area (TPSA) is 35.2 Å². The van der Waals surface area contributed by atoms with Gasteiger partial charge in [0.1, 0.15) is 5.82 Å². The molecule has 72 valence electrons. The van der Waals surface area contributed by atoms with E-state index in [1.807, 2.05) is 6.07 Å². The Balaban J connectivity index is 2.86. The SMILES string of the molecule is Cc1c(F)cc(CCON)cc1Br. The fourth-order valence-corrected chi connectivity index (χ4v) is 1.50. The molecule has 0 fully saturated rings. The molecular formula is C9H11BrFNO. The zero-order valence-electron chi connectivity index (χ0n) is 7.31. The first-order chi connectivity index (χ1) is 6.15. The Morgan fingerprint density at radius 3 is 2.77 bits per heavy atom. The highest BCUT2D eigenvalue weighted by molar-refractivity contribution is 9.10. The lowest BCUT2D eigenvalue weighted by Gasteiger charge is -2.04. The zero-order chi connectivity index (χ0) is 9.84. The Morgan fingerprint density at radius 1 is 1.54 bits per heavy atom. The third-order valence-electron chi connectivity index (χ3n) is 1.85. The maximum absolute atomic E-state index is 13.2. The first-order valence-corrected chi connectivity index (χ1v) is 4.70. The van der Waals surface area contributed by atoms with Gasteiger partial charge in [-0.3, -0.25) is 0 Å². The van der Waals surface area contributed by atoms with E-state index in [2.05, 4.69) is 20.8 Å². The lowest BCUT2D eigenvalue weighted by molar-refractivity contribution is 0.141. The fourth-order valence-electron chi connectivity index (χ4n) is 1.02. The second-order valence-corrected chi connectivity index (χ2v) is 3.66. The third-order valence-corrected chi connectivity index (χ3v) is 2.67. The van der Waals surface area contributed by atoms with Crippen LogP contribution in [0.1, 0.15) is 11.1 Å². The third kappa shape index (κ3) is 2.76. The molecule has 1 rings (SSSR count). The molecule has 0 atom stereocenters. The van der Waals surface area contributed by atoms with E-state index in [0.29, 0.717) is 18.6 Å². The maximum atomic E-state index is 13.2. The van der Waals surface area contributed by atoms with E-state index in [1.54, 1.807) is 6.92 Å². The molecule has 0 bridgehead atoms. The van der Waals surface area contributed by atoms with Gasteiger partial charge in [-0.05, 0) is 36.6 Å². The van der Waals surface area contributed by atoms with E-state index in [9.17, 15) is 4.39 Å². The van der Waals surface area contributed by atoms with Crippen molar-refractivity contribution in [2.75, 3.05) is 6.61 Å². The van der Waals surface area contributed by atoms with Gasteiger partial charge in [0, 0.05) is 4.47 Å². The van der Waals surface area contributed by atoms with Crippen molar-refractivity contribution in [3.63, 3.8) is 0 Å². The summed E-state index contributed by atoms with van der Waals surface area (Å²) in [6, 6.07) is 3.37. The Bertz CT molecular complexity index is 281. The first-order valence-electron chi connectivity index (χ1n) is 3.91. The molecule has 0 aliphatic rings. The predicted octanol–water partition coefficient (Wildman–Crippen LogP) is 2.33. The standard InChI is InChI=1S/C9H11BrFNO/c1-6-8(10)4-7(2-3-13-12)5-9(6)11/h4-5H,2-3,12H2,1H3. The van der Waals surface area contributed by atoms with Gasteiger partial charge in [0.25, 0.3) is 0 Å². The van der Waals surface area contributed by atoms with Crippen LogP contribution in [0.5, 0.6) is 0 Å². The van der Waals surface area contributed by atoms with Gasteiger partial charge in [-0.25, -0.2) is 10.3 Å². The van der Waals surface area contributed by atoms with Crippen molar-refractivity contribution in [1.29, 1.82) is 0 Å². The largest absolute Gasteiger partial charge is 0.304 e. The van der Waals surface area contributed by atoms with Crippen molar-refractivity contribution in [2.45, 2.75) is 13.3 Å². The molecule has 0 radical (unpaired) electrons. The number of hydrogen-bond acceptors (Lipinski definition) is 2. The summed E-state index contributed by atoms with van der Waals surface area (Å²) in [5, 5.41) is 0. The molecule has 0 aliphatic heterocycles. The van der Waals surface area contributed by atoms with E-state index >= 15 is 0 Å². The molecule has 2 nitrogen and oxygen atoms in total. The highest BCUT2D eigenvalue weighted by atomic mass is 79.9. The molecule has 1 aromatic rings. The lowest BCUT2D eigenvalue weighted by atomic mass is 10.1. The van der Waals surface area contributed by atoms with Gasteiger partial charge >= 0.3 is 0 Å². The molecule has 2 N–H and O–H groups in total. The van der Waals surface area contributed by atoms with Crippen LogP contribution in [0.3, 0.4) is 0 Å². The molecular weight excluding hydrogens is 237 g/mol. The zero-order valence-corrected chi connectivity index (χ0v) is 8.90. The molecule has 1 aromatic carbocycles. The van der Waals surface area contributed by atoms with Crippen molar-refractivity contribution < 1.29 is 9.23 Å². The molecule has 4 heteroatoms.